The van der Waals surface area contributed by atoms with Crippen molar-refractivity contribution in [3.05, 3.63) is 41.2 Å². The Morgan fingerprint density at radius 2 is 2.14 bits per heavy atom. The van der Waals surface area contributed by atoms with Crippen molar-refractivity contribution in [2.24, 2.45) is 5.73 Å². The summed E-state index contributed by atoms with van der Waals surface area (Å²) in [6, 6.07) is 7.59. The van der Waals surface area contributed by atoms with Crippen LogP contribution in [-0.4, -0.2) is 23.1 Å². The van der Waals surface area contributed by atoms with E-state index in [9.17, 15) is 0 Å². The van der Waals surface area contributed by atoms with Crippen molar-refractivity contribution in [1.29, 1.82) is 0 Å². The summed E-state index contributed by atoms with van der Waals surface area (Å²) in [6.07, 6.45) is 2.77. The fraction of sp³-hybridized carbons (Fsp3) is 0.375. The van der Waals surface area contributed by atoms with E-state index in [0.29, 0.717) is 23.3 Å². The van der Waals surface area contributed by atoms with Crippen LogP contribution in [0.5, 0.6) is 0 Å². The molecule has 21 heavy (non-hydrogen) atoms. The van der Waals surface area contributed by atoms with E-state index in [1.807, 2.05) is 30.5 Å². The zero-order valence-corrected chi connectivity index (χ0v) is 13.2. The quantitative estimate of drug-likeness (QED) is 0.799. The normalized spacial score (nSPS) is 10.9. The first-order valence-electron chi connectivity index (χ1n) is 7.18. The minimum Gasteiger partial charge on any atom is -0.382 e. The molecule has 0 spiro atoms. The van der Waals surface area contributed by atoms with Gasteiger partial charge in [-0.05, 0) is 31.0 Å². The predicted octanol–water partition coefficient (Wildman–Crippen LogP) is 3.68. The highest BCUT2D eigenvalue weighted by Crippen LogP contribution is 2.26. The van der Waals surface area contributed by atoms with Gasteiger partial charge in [-0.3, -0.25) is 0 Å². The first-order chi connectivity index (χ1) is 10.1. The third kappa shape index (κ3) is 4.16. The molecule has 1 aromatic carbocycles. The van der Waals surface area contributed by atoms with Gasteiger partial charge in [0.05, 0.1) is 17.6 Å². The summed E-state index contributed by atoms with van der Waals surface area (Å²) in [4.78, 5) is 9.15. The SMILES string of the molecule is CC(C)c1nc(-c2cccc(Cl)c2)ncc1NCCCN. The topological polar surface area (TPSA) is 63.8 Å². The Bertz CT molecular complexity index is 599. The Hall–Kier alpha value is -1.65. The van der Waals surface area contributed by atoms with Crippen molar-refractivity contribution in [1.82, 2.24) is 9.97 Å². The van der Waals surface area contributed by atoms with Gasteiger partial charge in [0, 0.05) is 17.1 Å². The Labute approximate surface area is 130 Å². The highest BCUT2D eigenvalue weighted by atomic mass is 35.5. The Kier molecular flexibility index (Phi) is 5.53. The lowest BCUT2D eigenvalue weighted by Crippen LogP contribution is -2.11. The molecule has 0 aliphatic rings. The molecular weight excluding hydrogens is 284 g/mol. The van der Waals surface area contributed by atoms with Crippen LogP contribution in [0, 0.1) is 0 Å². The molecular formula is C16H21ClN4. The highest BCUT2D eigenvalue weighted by Gasteiger charge is 2.12. The number of nitrogens with zero attached hydrogens (tertiary/aromatic N) is 2. The molecule has 1 aromatic heterocycles. The molecule has 0 saturated carbocycles. The maximum Gasteiger partial charge on any atom is 0.159 e. The van der Waals surface area contributed by atoms with Crippen molar-refractivity contribution >= 4 is 17.3 Å². The molecule has 0 amide bonds. The highest BCUT2D eigenvalue weighted by molar-refractivity contribution is 6.30. The van der Waals surface area contributed by atoms with Crippen LogP contribution in [0.25, 0.3) is 11.4 Å². The van der Waals surface area contributed by atoms with E-state index in [0.717, 1.165) is 29.9 Å². The molecule has 0 unspecified atom stereocenters. The van der Waals surface area contributed by atoms with Crippen molar-refractivity contribution in [2.45, 2.75) is 26.2 Å². The second-order valence-corrected chi connectivity index (χ2v) is 5.66. The van der Waals surface area contributed by atoms with Gasteiger partial charge in [0.25, 0.3) is 0 Å². The van der Waals surface area contributed by atoms with Gasteiger partial charge in [-0.1, -0.05) is 37.6 Å². The molecule has 0 atom stereocenters. The Morgan fingerprint density at radius 1 is 1.33 bits per heavy atom. The minimum atomic E-state index is 0.311. The molecule has 4 nitrogen and oxygen atoms in total. The standard InChI is InChI=1S/C16H21ClN4/c1-11(2)15-14(19-8-4-7-18)10-20-16(21-15)12-5-3-6-13(17)9-12/h3,5-6,9-11,19H,4,7-8,18H2,1-2H3. The molecule has 2 rings (SSSR count). The molecule has 1 heterocycles. The average Bonchev–Trinajstić information content (AvgIpc) is 2.47. The number of hydrogen-bond acceptors (Lipinski definition) is 4. The van der Waals surface area contributed by atoms with Crippen LogP contribution in [0.2, 0.25) is 5.02 Å². The number of halogens is 1. The predicted molar refractivity (Wildman–Crippen MR) is 88.7 cm³/mol. The summed E-state index contributed by atoms with van der Waals surface area (Å²) in [5.41, 5.74) is 8.44. The summed E-state index contributed by atoms with van der Waals surface area (Å²) in [5, 5.41) is 4.04. The van der Waals surface area contributed by atoms with Gasteiger partial charge in [-0.25, -0.2) is 9.97 Å². The molecule has 0 aliphatic carbocycles. The molecule has 2 aromatic rings. The van der Waals surface area contributed by atoms with Crippen LogP contribution in [0.4, 0.5) is 5.69 Å². The van der Waals surface area contributed by atoms with Gasteiger partial charge in [0.1, 0.15) is 0 Å². The third-order valence-corrected chi connectivity index (χ3v) is 3.38. The number of hydrogen-bond donors (Lipinski definition) is 2. The van der Waals surface area contributed by atoms with Crippen LogP contribution in [0.3, 0.4) is 0 Å². The number of nitrogens with one attached hydrogen (secondary N) is 1. The van der Waals surface area contributed by atoms with Crippen molar-refractivity contribution in [3.8, 4) is 11.4 Å². The van der Waals surface area contributed by atoms with Crippen LogP contribution < -0.4 is 11.1 Å². The Balaban J connectivity index is 2.31. The second-order valence-electron chi connectivity index (χ2n) is 5.23. The lowest BCUT2D eigenvalue weighted by atomic mass is 10.1. The summed E-state index contributed by atoms with van der Waals surface area (Å²) in [5.74, 6) is 1.01. The van der Waals surface area contributed by atoms with Crippen LogP contribution >= 0.6 is 11.6 Å². The van der Waals surface area contributed by atoms with Gasteiger partial charge in [-0.2, -0.15) is 0 Å². The van der Waals surface area contributed by atoms with Crippen LogP contribution in [-0.2, 0) is 0 Å². The summed E-state index contributed by atoms with van der Waals surface area (Å²) < 4.78 is 0. The van der Waals surface area contributed by atoms with E-state index in [4.69, 9.17) is 22.3 Å². The van der Waals surface area contributed by atoms with E-state index in [2.05, 4.69) is 24.1 Å². The molecule has 0 aliphatic heterocycles. The van der Waals surface area contributed by atoms with Gasteiger partial charge < -0.3 is 11.1 Å². The molecule has 0 radical (unpaired) electrons. The summed E-state index contributed by atoms with van der Waals surface area (Å²) >= 11 is 6.03. The summed E-state index contributed by atoms with van der Waals surface area (Å²) in [7, 11) is 0. The second kappa shape index (κ2) is 7.38. The fourth-order valence-corrected chi connectivity index (χ4v) is 2.25. The fourth-order valence-electron chi connectivity index (χ4n) is 2.06. The number of benzene rings is 1. The van der Waals surface area contributed by atoms with E-state index in [1.54, 1.807) is 0 Å². The van der Waals surface area contributed by atoms with E-state index in [-0.39, 0.29) is 0 Å². The van der Waals surface area contributed by atoms with Gasteiger partial charge in [-0.15, -0.1) is 0 Å². The lowest BCUT2D eigenvalue weighted by Gasteiger charge is -2.14. The summed E-state index contributed by atoms with van der Waals surface area (Å²) in [6.45, 7) is 5.75. The van der Waals surface area contributed by atoms with E-state index >= 15 is 0 Å². The Morgan fingerprint density at radius 3 is 2.81 bits per heavy atom. The van der Waals surface area contributed by atoms with Crippen molar-refractivity contribution in [3.63, 3.8) is 0 Å². The smallest absolute Gasteiger partial charge is 0.159 e. The lowest BCUT2D eigenvalue weighted by molar-refractivity contribution is 0.809. The zero-order valence-electron chi connectivity index (χ0n) is 12.4. The van der Waals surface area contributed by atoms with Gasteiger partial charge in [0.2, 0.25) is 0 Å². The largest absolute Gasteiger partial charge is 0.382 e. The van der Waals surface area contributed by atoms with Crippen LogP contribution in [0.15, 0.2) is 30.5 Å². The third-order valence-electron chi connectivity index (χ3n) is 3.14. The number of rotatable bonds is 6. The molecule has 0 saturated heterocycles. The molecule has 112 valence electrons. The minimum absolute atomic E-state index is 0.311. The van der Waals surface area contributed by atoms with E-state index < -0.39 is 0 Å². The molecule has 3 N–H and O–H groups in total. The molecule has 0 bridgehead atoms. The van der Waals surface area contributed by atoms with Crippen molar-refractivity contribution in [2.75, 3.05) is 18.4 Å². The van der Waals surface area contributed by atoms with Crippen molar-refractivity contribution < 1.29 is 0 Å². The van der Waals surface area contributed by atoms with Gasteiger partial charge >= 0.3 is 0 Å². The maximum atomic E-state index is 6.03. The van der Waals surface area contributed by atoms with E-state index in [1.165, 1.54) is 0 Å². The average molecular weight is 305 g/mol. The number of anilines is 1. The number of aromatic nitrogens is 2. The zero-order chi connectivity index (χ0) is 15.2. The number of nitrogens with two attached hydrogens (primary N) is 1. The first kappa shape index (κ1) is 15.7. The molecule has 5 heteroatoms. The first-order valence-corrected chi connectivity index (χ1v) is 7.56. The molecule has 0 fully saturated rings. The van der Waals surface area contributed by atoms with Crippen LogP contribution in [0.1, 0.15) is 31.9 Å². The maximum absolute atomic E-state index is 6.03. The van der Waals surface area contributed by atoms with Gasteiger partial charge in [0.15, 0.2) is 5.82 Å². The monoisotopic (exact) mass is 304 g/mol.